The summed E-state index contributed by atoms with van der Waals surface area (Å²) in [5.74, 6) is -1.13. The minimum atomic E-state index is -1.96. The molecule has 1 saturated heterocycles. The Morgan fingerprint density at radius 1 is 1.24 bits per heavy atom. The zero-order chi connectivity index (χ0) is 24.3. The Balaban J connectivity index is 1.54. The van der Waals surface area contributed by atoms with Crippen molar-refractivity contribution in [2.75, 3.05) is 19.8 Å². The number of hydrogen-bond donors (Lipinski definition) is 3. The predicted octanol–water partition coefficient (Wildman–Crippen LogP) is 2.34. The Kier molecular flexibility index (Phi) is 6.72. The minimum absolute atomic E-state index is 0.0200. The van der Waals surface area contributed by atoms with E-state index in [1.165, 1.54) is 6.07 Å². The third-order valence-corrected chi connectivity index (χ3v) is 6.59. The highest BCUT2D eigenvalue weighted by atomic mass is 16.7. The zero-order valence-corrected chi connectivity index (χ0v) is 19.3. The number of fused-ring (bicyclic) bond motifs is 2. The smallest absolute Gasteiger partial charge is 0.350 e. The second kappa shape index (κ2) is 9.56. The van der Waals surface area contributed by atoms with Gasteiger partial charge in [0.1, 0.15) is 0 Å². The lowest BCUT2D eigenvalue weighted by atomic mass is 9.72. The molecule has 0 unspecified atom stereocenters. The van der Waals surface area contributed by atoms with Crippen LogP contribution >= 0.6 is 0 Å². The molecule has 3 aliphatic rings. The van der Waals surface area contributed by atoms with Crippen molar-refractivity contribution in [2.45, 2.75) is 50.2 Å². The maximum absolute atomic E-state index is 13.5. The fraction of sp³-hybridized carbons (Fsp3) is 0.423. The zero-order valence-electron chi connectivity index (χ0n) is 19.3. The highest BCUT2D eigenvalue weighted by molar-refractivity contribution is 6.32. The molecule has 4 rings (SSSR count). The summed E-state index contributed by atoms with van der Waals surface area (Å²) >= 11 is 0. The van der Waals surface area contributed by atoms with Crippen molar-refractivity contribution in [1.29, 1.82) is 0 Å². The van der Waals surface area contributed by atoms with Gasteiger partial charge in [-0.05, 0) is 44.3 Å². The Labute approximate surface area is 198 Å². The molecule has 0 radical (unpaired) electrons. The molecule has 4 N–H and O–H groups in total. The number of esters is 1. The summed E-state index contributed by atoms with van der Waals surface area (Å²) in [5.41, 5.74) is 4.86. The van der Waals surface area contributed by atoms with Crippen molar-refractivity contribution in [3.63, 3.8) is 0 Å². The van der Waals surface area contributed by atoms with E-state index >= 15 is 0 Å². The molecule has 8 heteroatoms. The first-order valence-corrected chi connectivity index (χ1v) is 11.6. The van der Waals surface area contributed by atoms with E-state index in [2.05, 4.69) is 11.4 Å². The molecule has 0 spiro atoms. The number of aliphatic hydroxyl groups is 1. The average Bonchev–Trinajstić information content (AvgIpc) is 3.55. The summed E-state index contributed by atoms with van der Waals surface area (Å²) in [4.78, 5) is 39.9. The van der Waals surface area contributed by atoms with E-state index in [0.29, 0.717) is 25.2 Å². The molecule has 2 atom stereocenters. The Morgan fingerprint density at radius 2 is 1.97 bits per heavy atom. The van der Waals surface area contributed by atoms with Gasteiger partial charge in [0.05, 0.1) is 12.4 Å². The second-order valence-electron chi connectivity index (χ2n) is 8.89. The van der Waals surface area contributed by atoms with E-state index in [1.54, 1.807) is 18.2 Å². The highest BCUT2D eigenvalue weighted by Crippen LogP contribution is 2.58. The van der Waals surface area contributed by atoms with Crippen LogP contribution in [0.1, 0.15) is 59.7 Å². The highest BCUT2D eigenvalue weighted by Gasteiger charge is 2.85. The minimum Gasteiger partial charge on any atom is -0.463 e. The summed E-state index contributed by atoms with van der Waals surface area (Å²) in [5, 5.41) is 12.0. The van der Waals surface area contributed by atoms with Crippen molar-refractivity contribution >= 4 is 17.5 Å². The Hall–Kier alpha value is -3.23. The van der Waals surface area contributed by atoms with Gasteiger partial charge in [-0.3, -0.25) is 9.59 Å². The SMILES string of the molecule is C/C(=C\C[C@@]12O[C@]1(C(=O)OCCCCO)C(=O)c1ccccc1C2=O)CCC1=CCNC(N)=C1. The van der Waals surface area contributed by atoms with Gasteiger partial charge in [-0.1, -0.05) is 42.0 Å². The van der Waals surface area contributed by atoms with E-state index in [0.717, 1.165) is 24.0 Å². The molecular formula is C26H30N2O6. The molecule has 2 aliphatic heterocycles. The summed E-state index contributed by atoms with van der Waals surface area (Å²) in [6.45, 7) is 2.66. The van der Waals surface area contributed by atoms with Crippen LogP contribution in [0.15, 0.2) is 59.5 Å². The van der Waals surface area contributed by atoms with Crippen molar-refractivity contribution < 1.29 is 29.0 Å². The summed E-state index contributed by atoms with van der Waals surface area (Å²) in [7, 11) is 0. The molecule has 1 fully saturated rings. The monoisotopic (exact) mass is 466 g/mol. The van der Waals surface area contributed by atoms with Crippen LogP contribution in [0.2, 0.25) is 0 Å². The molecule has 34 heavy (non-hydrogen) atoms. The maximum atomic E-state index is 13.5. The van der Waals surface area contributed by atoms with E-state index in [-0.39, 0.29) is 36.5 Å². The topological polar surface area (TPSA) is 131 Å². The number of ketones is 2. The molecule has 1 aliphatic carbocycles. The molecule has 1 aromatic rings. The Morgan fingerprint density at radius 3 is 2.68 bits per heavy atom. The summed E-state index contributed by atoms with van der Waals surface area (Å²) in [6.07, 6.45) is 8.39. The van der Waals surface area contributed by atoms with Crippen LogP contribution in [0.4, 0.5) is 0 Å². The quantitative estimate of drug-likeness (QED) is 0.157. The lowest BCUT2D eigenvalue weighted by Crippen LogP contribution is -2.50. The van der Waals surface area contributed by atoms with Crippen molar-refractivity contribution in [3.8, 4) is 0 Å². The number of dihydropyridines is 1. The first kappa shape index (κ1) is 23.9. The fourth-order valence-corrected chi connectivity index (χ4v) is 4.56. The van der Waals surface area contributed by atoms with Crippen LogP contribution in [-0.4, -0.2) is 53.6 Å². The number of aliphatic hydroxyl groups excluding tert-OH is 1. The molecule has 0 saturated carbocycles. The summed E-state index contributed by atoms with van der Waals surface area (Å²) < 4.78 is 11.2. The van der Waals surface area contributed by atoms with Gasteiger partial charge in [-0.2, -0.15) is 0 Å². The van der Waals surface area contributed by atoms with Crippen molar-refractivity contribution in [3.05, 3.63) is 70.6 Å². The van der Waals surface area contributed by atoms with Gasteiger partial charge in [-0.25, -0.2) is 4.79 Å². The first-order chi connectivity index (χ1) is 16.4. The van der Waals surface area contributed by atoms with Crippen LogP contribution in [-0.2, 0) is 14.3 Å². The summed E-state index contributed by atoms with van der Waals surface area (Å²) in [6, 6.07) is 6.47. The van der Waals surface area contributed by atoms with Crippen LogP contribution in [0.25, 0.3) is 0 Å². The van der Waals surface area contributed by atoms with Crippen LogP contribution in [0, 0.1) is 0 Å². The standard InChI is InChI=1S/C26H30N2O6/c1-17(8-9-18-11-13-28-21(27)16-18)10-12-25-22(30)19-6-2-3-7-20(19)23(31)26(25,34-25)24(32)33-15-5-4-14-29/h2-3,6-7,10-11,16,28-29H,4-5,8-9,12-15,27H2,1H3/b17-10+/t25-,26-/m0/s1. The fourth-order valence-electron chi connectivity index (χ4n) is 4.56. The lowest BCUT2D eigenvalue weighted by Gasteiger charge is -2.23. The molecule has 0 bridgehead atoms. The van der Waals surface area contributed by atoms with Gasteiger partial charge < -0.3 is 25.6 Å². The molecule has 2 heterocycles. The van der Waals surface area contributed by atoms with Gasteiger partial charge in [0.15, 0.2) is 11.4 Å². The number of carbonyl (C=O) groups excluding carboxylic acids is 3. The van der Waals surface area contributed by atoms with Gasteiger partial charge in [0.2, 0.25) is 5.78 Å². The average molecular weight is 467 g/mol. The third kappa shape index (κ3) is 4.08. The molecular weight excluding hydrogens is 436 g/mol. The van der Waals surface area contributed by atoms with Gasteiger partial charge in [0.25, 0.3) is 5.60 Å². The number of carbonyl (C=O) groups is 3. The number of ether oxygens (including phenoxy) is 2. The third-order valence-electron chi connectivity index (χ3n) is 6.59. The number of rotatable bonds is 10. The molecule has 1 aromatic carbocycles. The largest absolute Gasteiger partial charge is 0.463 e. The van der Waals surface area contributed by atoms with Crippen LogP contribution in [0.3, 0.4) is 0 Å². The van der Waals surface area contributed by atoms with Gasteiger partial charge in [0, 0.05) is 30.7 Å². The molecule has 0 aromatic heterocycles. The molecule has 8 nitrogen and oxygen atoms in total. The van der Waals surface area contributed by atoms with E-state index in [9.17, 15) is 14.4 Å². The van der Waals surface area contributed by atoms with Crippen LogP contribution in [0.5, 0.6) is 0 Å². The van der Waals surface area contributed by atoms with Crippen molar-refractivity contribution in [2.24, 2.45) is 5.73 Å². The number of allylic oxidation sites excluding steroid dienone is 3. The predicted molar refractivity (Wildman–Crippen MR) is 125 cm³/mol. The van der Waals surface area contributed by atoms with Gasteiger partial charge >= 0.3 is 5.97 Å². The number of Topliss-reactive ketones (excluding diaryl/α,β-unsaturated/α-hetero) is 2. The number of hydrogen-bond acceptors (Lipinski definition) is 8. The normalized spacial score (nSPS) is 25.5. The lowest BCUT2D eigenvalue weighted by molar-refractivity contribution is -0.148. The van der Waals surface area contributed by atoms with E-state index in [4.69, 9.17) is 20.3 Å². The van der Waals surface area contributed by atoms with Crippen LogP contribution < -0.4 is 11.1 Å². The van der Waals surface area contributed by atoms with Crippen molar-refractivity contribution in [1.82, 2.24) is 5.32 Å². The number of epoxide rings is 1. The number of nitrogens with one attached hydrogen (secondary N) is 1. The number of benzene rings is 1. The number of unbranched alkanes of at least 4 members (excludes halogenated alkanes) is 1. The molecule has 180 valence electrons. The van der Waals surface area contributed by atoms with E-state index in [1.807, 2.05) is 19.1 Å². The first-order valence-electron chi connectivity index (χ1n) is 11.6. The molecule has 0 amide bonds. The van der Waals surface area contributed by atoms with E-state index < -0.39 is 23.0 Å². The Bertz CT molecular complexity index is 1100. The van der Waals surface area contributed by atoms with Gasteiger partial charge in [-0.15, -0.1) is 0 Å². The maximum Gasteiger partial charge on any atom is 0.350 e. The second-order valence-corrected chi connectivity index (χ2v) is 8.89. The number of nitrogens with two attached hydrogens (primary N) is 1.